The van der Waals surface area contributed by atoms with Crippen LogP contribution in [0.4, 0.5) is 5.82 Å². The maximum absolute atomic E-state index is 12.2. The van der Waals surface area contributed by atoms with Gasteiger partial charge in [0, 0.05) is 19.1 Å². The summed E-state index contributed by atoms with van der Waals surface area (Å²) in [6.45, 7) is 5.68. The van der Waals surface area contributed by atoms with Crippen LogP contribution in [0.25, 0.3) is 0 Å². The molecule has 1 aromatic rings. The fraction of sp³-hybridized carbons (Fsp3) is 0.667. The van der Waals surface area contributed by atoms with Crippen LogP contribution in [0.2, 0.25) is 5.02 Å². The molecular weight excluding hydrogens is 288 g/mol. The quantitative estimate of drug-likeness (QED) is 0.849. The van der Waals surface area contributed by atoms with Gasteiger partial charge in [-0.3, -0.25) is 4.79 Å². The first-order valence-electron chi connectivity index (χ1n) is 7.63. The highest BCUT2D eigenvalue weighted by molar-refractivity contribution is 6.32. The van der Waals surface area contributed by atoms with E-state index in [1.165, 1.54) is 6.33 Å². The monoisotopic (exact) mass is 310 g/mol. The minimum Gasteiger partial charge on any atom is -0.356 e. The molecule has 1 amide bonds. The van der Waals surface area contributed by atoms with Crippen molar-refractivity contribution in [2.24, 2.45) is 5.92 Å². The molecule has 0 aliphatic carbocycles. The molecule has 1 aliphatic rings. The van der Waals surface area contributed by atoms with Crippen LogP contribution in [0, 0.1) is 5.92 Å². The summed E-state index contributed by atoms with van der Waals surface area (Å²) in [6.07, 6.45) is 7.09. The molecule has 0 radical (unpaired) electrons. The van der Waals surface area contributed by atoms with Crippen LogP contribution in [0.15, 0.2) is 12.5 Å². The van der Waals surface area contributed by atoms with Crippen LogP contribution in [0.3, 0.4) is 0 Å². The summed E-state index contributed by atoms with van der Waals surface area (Å²) >= 11 is 6.19. The van der Waals surface area contributed by atoms with E-state index in [9.17, 15) is 4.79 Å². The lowest BCUT2D eigenvalue weighted by Crippen LogP contribution is -2.47. The van der Waals surface area contributed by atoms with Crippen molar-refractivity contribution in [3.05, 3.63) is 17.5 Å². The molecule has 0 spiro atoms. The summed E-state index contributed by atoms with van der Waals surface area (Å²) in [5.41, 5.74) is 0. The summed E-state index contributed by atoms with van der Waals surface area (Å²) in [5, 5.41) is 3.56. The van der Waals surface area contributed by atoms with Crippen LogP contribution >= 0.6 is 11.6 Å². The molecule has 2 heterocycles. The van der Waals surface area contributed by atoms with E-state index in [4.69, 9.17) is 11.6 Å². The maximum Gasteiger partial charge on any atom is 0.224 e. The number of rotatable bonds is 5. The number of hydrogen-bond donors (Lipinski definition) is 1. The first-order valence-corrected chi connectivity index (χ1v) is 8.01. The van der Waals surface area contributed by atoms with Gasteiger partial charge < -0.3 is 10.2 Å². The van der Waals surface area contributed by atoms with Gasteiger partial charge in [-0.25, -0.2) is 9.97 Å². The second kappa shape index (κ2) is 7.59. The normalized spacial score (nSPS) is 22.1. The van der Waals surface area contributed by atoms with Crippen molar-refractivity contribution in [3.63, 3.8) is 0 Å². The zero-order chi connectivity index (χ0) is 15.2. The third-order valence-corrected chi connectivity index (χ3v) is 4.27. The number of anilines is 1. The maximum atomic E-state index is 12.2. The number of nitrogens with zero attached hydrogens (tertiary/aromatic N) is 3. The van der Waals surface area contributed by atoms with E-state index in [1.807, 2.05) is 0 Å². The van der Waals surface area contributed by atoms with Crippen LogP contribution in [-0.4, -0.2) is 35.0 Å². The van der Waals surface area contributed by atoms with Crippen molar-refractivity contribution in [2.75, 3.05) is 18.0 Å². The zero-order valence-corrected chi connectivity index (χ0v) is 13.4. The molecule has 1 aliphatic heterocycles. The Kier molecular flexibility index (Phi) is 5.79. The Morgan fingerprint density at radius 1 is 1.52 bits per heavy atom. The molecule has 6 heteroatoms. The predicted molar refractivity (Wildman–Crippen MR) is 84.5 cm³/mol. The van der Waals surface area contributed by atoms with E-state index in [0.29, 0.717) is 17.6 Å². The van der Waals surface area contributed by atoms with Crippen molar-refractivity contribution >= 4 is 23.3 Å². The molecular formula is C15H23ClN4O. The summed E-state index contributed by atoms with van der Waals surface area (Å²) < 4.78 is 0. The Morgan fingerprint density at radius 2 is 2.33 bits per heavy atom. The Hall–Kier alpha value is -1.36. The molecule has 1 N–H and O–H groups in total. The number of halogens is 1. The van der Waals surface area contributed by atoms with Gasteiger partial charge in [-0.1, -0.05) is 24.9 Å². The predicted octanol–water partition coefficient (Wildman–Crippen LogP) is 2.65. The number of unbranched alkanes of at least 4 members (excludes halogenated alkanes) is 1. The number of nitrogens with one attached hydrogen (secondary N) is 1. The molecule has 116 valence electrons. The smallest absolute Gasteiger partial charge is 0.224 e. The van der Waals surface area contributed by atoms with Crippen molar-refractivity contribution in [1.29, 1.82) is 0 Å². The number of piperidine rings is 1. The van der Waals surface area contributed by atoms with E-state index < -0.39 is 0 Å². The Bertz CT molecular complexity index is 482. The summed E-state index contributed by atoms with van der Waals surface area (Å²) in [7, 11) is 0. The van der Waals surface area contributed by atoms with Gasteiger partial charge >= 0.3 is 0 Å². The van der Waals surface area contributed by atoms with E-state index in [1.54, 1.807) is 6.20 Å². The first kappa shape index (κ1) is 16.0. The fourth-order valence-electron chi connectivity index (χ4n) is 2.67. The number of carbonyl (C=O) groups excluding carboxylic acids is 1. The van der Waals surface area contributed by atoms with Gasteiger partial charge in [0.05, 0.1) is 12.1 Å². The highest BCUT2D eigenvalue weighted by Gasteiger charge is 2.31. The number of carbonyl (C=O) groups is 1. The minimum atomic E-state index is 0.00379. The van der Waals surface area contributed by atoms with E-state index in [2.05, 4.69) is 34.0 Å². The molecule has 5 nitrogen and oxygen atoms in total. The number of hydrogen-bond acceptors (Lipinski definition) is 4. The molecule has 1 fully saturated rings. The van der Waals surface area contributed by atoms with Crippen molar-refractivity contribution in [2.45, 2.75) is 45.6 Å². The summed E-state index contributed by atoms with van der Waals surface area (Å²) in [5.74, 6) is 0.875. The lowest BCUT2D eigenvalue weighted by atomic mass is 9.92. The van der Waals surface area contributed by atoms with Gasteiger partial charge in [0.1, 0.15) is 11.3 Å². The summed E-state index contributed by atoms with van der Waals surface area (Å²) in [6, 6.07) is 0.331. The van der Waals surface area contributed by atoms with Gasteiger partial charge in [-0.05, 0) is 26.2 Å². The molecule has 1 aromatic heterocycles. The Morgan fingerprint density at radius 3 is 3.05 bits per heavy atom. The van der Waals surface area contributed by atoms with Gasteiger partial charge in [-0.15, -0.1) is 0 Å². The number of aromatic nitrogens is 2. The highest BCUT2D eigenvalue weighted by Crippen LogP contribution is 2.30. The molecule has 0 bridgehead atoms. The SMILES string of the molecule is CCCCNC(=O)C1CCC(C)N(c2ncncc2Cl)C1. The van der Waals surface area contributed by atoms with Gasteiger partial charge in [0.2, 0.25) is 5.91 Å². The van der Waals surface area contributed by atoms with Crippen molar-refractivity contribution in [1.82, 2.24) is 15.3 Å². The highest BCUT2D eigenvalue weighted by atomic mass is 35.5. The Balaban J connectivity index is 2.02. The second-order valence-corrected chi connectivity index (χ2v) is 6.02. The largest absolute Gasteiger partial charge is 0.356 e. The zero-order valence-electron chi connectivity index (χ0n) is 12.7. The molecule has 0 aromatic carbocycles. The third kappa shape index (κ3) is 4.06. The average Bonchev–Trinajstić information content (AvgIpc) is 2.49. The molecule has 2 atom stereocenters. The minimum absolute atomic E-state index is 0.00379. The molecule has 1 saturated heterocycles. The molecule has 2 unspecified atom stereocenters. The lowest BCUT2D eigenvalue weighted by Gasteiger charge is -2.38. The van der Waals surface area contributed by atoms with Crippen LogP contribution < -0.4 is 10.2 Å². The standard InChI is InChI=1S/C15H23ClN4O/c1-3-4-7-18-15(21)12-6-5-11(2)20(9-12)14-13(16)8-17-10-19-14/h8,10-12H,3-7,9H2,1-2H3,(H,18,21). The van der Waals surface area contributed by atoms with Crippen molar-refractivity contribution in [3.8, 4) is 0 Å². The van der Waals surface area contributed by atoms with Crippen LogP contribution in [0.5, 0.6) is 0 Å². The lowest BCUT2D eigenvalue weighted by molar-refractivity contribution is -0.125. The third-order valence-electron chi connectivity index (χ3n) is 4.00. The summed E-state index contributed by atoms with van der Waals surface area (Å²) in [4.78, 5) is 22.6. The van der Waals surface area contributed by atoms with E-state index in [0.717, 1.165) is 38.0 Å². The van der Waals surface area contributed by atoms with Crippen LogP contribution in [-0.2, 0) is 4.79 Å². The fourth-order valence-corrected chi connectivity index (χ4v) is 2.88. The van der Waals surface area contributed by atoms with Gasteiger partial charge in [0.15, 0.2) is 5.82 Å². The number of amides is 1. The van der Waals surface area contributed by atoms with Crippen molar-refractivity contribution < 1.29 is 4.79 Å². The van der Waals surface area contributed by atoms with Gasteiger partial charge in [-0.2, -0.15) is 0 Å². The second-order valence-electron chi connectivity index (χ2n) is 5.61. The first-order chi connectivity index (χ1) is 10.1. The van der Waals surface area contributed by atoms with Crippen LogP contribution in [0.1, 0.15) is 39.5 Å². The molecule has 0 saturated carbocycles. The molecule has 21 heavy (non-hydrogen) atoms. The molecule has 2 rings (SSSR count). The average molecular weight is 311 g/mol. The Labute approximate surface area is 131 Å². The van der Waals surface area contributed by atoms with E-state index >= 15 is 0 Å². The van der Waals surface area contributed by atoms with Gasteiger partial charge in [0.25, 0.3) is 0 Å². The topological polar surface area (TPSA) is 58.1 Å². The van der Waals surface area contributed by atoms with E-state index in [-0.39, 0.29) is 11.8 Å².